The van der Waals surface area contributed by atoms with Crippen LogP contribution in [0.25, 0.3) is 0 Å². The van der Waals surface area contributed by atoms with E-state index in [0.717, 1.165) is 5.56 Å². The van der Waals surface area contributed by atoms with Crippen molar-refractivity contribution in [1.82, 2.24) is 0 Å². The zero-order chi connectivity index (χ0) is 14.4. The fraction of sp³-hybridized carbons (Fsp3) is 0.125. The van der Waals surface area contributed by atoms with Crippen LogP contribution in [0.5, 0.6) is 5.75 Å². The fourth-order valence-corrected chi connectivity index (χ4v) is 1.73. The van der Waals surface area contributed by atoms with Crippen LogP contribution < -0.4 is 4.74 Å². The lowest BCUT2D eigenvalue weighted by Crippen LogP contribution is -1.96. The van der Waals surface area contributed by atoms with E-state index in [1.807, 2.05) is 12.1 Å². The second kappa shape index (κ2) is 6.95. The van der Waals surface area contributed by atoms with E-state index in [9.17, 15) is 4.39 Å². The van der Waals surface area contributed by atoms with Gasteiger partial charge in [0.15, 0.2) is 0 Å². The molecule has 0 aliphatic rings. The molecule has 0 atom stereocenters. The average molecular weight is 291 g/mol. The highest BCUT2D eigenvalue weighted by molar-refractivity contribution is 6.30. The van der Waals surface area contributed by atoms with Gasteiger partial charge >= 0.3 is 0 Å². The van der Waals surface area contributed by atoms with E-state index in [-0.39, 0.29) is 6.61 Å². The van der Waals surface area contributed by atoms with Gasteiger partial charge in [-0.25, -0.2) is 4.39 Å². The molecule has 102 valence electrons. The van der Waals surface area contributed by atoms with Gasteiger partial charge in [-0.05, 0) is 29.8 Å². The number of halogens is 2. The minimum Gasteiger partial charge on any atom is -0.489 e. The van der Waals surface area contributed by atoms with E-state index in [2.05, 4.69) is 11.8 Å². The summed E-state index contributed by atoms with van der Waals surface area (Å²) < 4.78 is 18.9. The first-order valence-electron chi connectivity index (χ1n) is 5.95. The van der Waals surface area contributed by atoms with Crippen molar-refractivity contribution in [3.8, 4) is 17.6 Å². The third-order valence-electron chi connectivity index (χ3n) is 2.50. The number of aliphatic hydroxyl groups is 1. The molecule has 2 rings (SSSR count). The molecule has 0 heterocycles. The second-order valence-electron chi connectivity index (χ2n) is 4.05. The summed E-state index contributed by atoms with van der Waals surface area (Å²) in [6, 6.07) is 11.4. The van der Waals surface area contributed by atoms with Crippen LogP contribution in [0.3, 0.4) is 0 Å². The van der Waals surface area contributed by atoms with Crippen LogP contribution >= 0.6 is 11.6 Å². The number of ether oxygens (including phenoxy) is 1. The zero-order valence-corrected chi connectivity index (χ0v) is 11.3. The molecular formula is C16H12ClFO2. The van der Waals surface area contributed by atoms with Crippen molar-refractivity contribution < 1.29 is 14.2 Å². The Morgan fingerprint density at radius 1 is 1.15 bits per heavy atom. The Balaban J connectivity index is 2.09. The van der Waals surface area contributed by atoms with Crippen LogP contribution in [0.15, 0.2) is 42.5 Å². The van der Waals surface area contributed by atoms with Gasteiger partial charge in [-0.15, -0.1) is 0 Å². The van der Waals surface area contributed by atoms with Crippen molar-refractivity contribution in [2.45, 2.75) is 6.61 Å². The number of aliphatic hydroxyl groups excluding tert-OH is 1. The average Bonchev–Trinajstić information content (AvgIpc) is 2.44. The third-order valence-corrected chi connectivity index (χ3v) is 2.75. The molecule has 0 radical (unpaired) electrons. The van der Waals surface area contributed by atoms with Gasteiger partial charge in [-0.2, -0.15) is 0 Å². The van der Waals surface area contributed by atoms with Gasteiger partial charge in [0, 0.05) is 16.7 Å². The normalized spacial score (nSPS) is 9.75. The Kier molecular flexibility index (Phi) is 5.00. The van der Waals surface area contributed by atoms with Crippen LogP contribution in [0.2, 0.25) is 5.02 Å². The first-order valence-corrected chi connectivity index (χ1v) is 6.33. The topological polar surface area (TPSA) is 29.5 Å². The van der Waals surface area contributed by atoms with Crippen molar-refractivity contribution in [3.63, 3.8) is 0 Å². The summed E-state index contributed by atoms with van der Waals surface area (Å²) in [6.45, 7) is 0.0466. The minimum atomic E-state index is -0.430. The van der Waals surface area contributed by atoms with E-state index in [1.165, 1.54) is 12.1 Å². The quantitative estimate of drug-likeness (QED) is 0.878. The van der Waals surface area contributed by atoms with Crippen molar-refractivity contribution in [3.05, 3.63) is 64.4 Å². The van der Waals surface area contributed by atoms with Gasteiger partial charge in [-0.1, -0.05) is 35.6 Å². The number of rotatable bonds is 3. The number of hydrogen-bond acceptors (Lipinski definition) is 2. The molecule has 0 saturated heterocycles. The zero-order valence-electron chi connectivity index (χ0n) is 10.6. The van der Waals surface area contributed by atoms with E-state index in [4.69, 9.17) is 21.4 Å². The Morgan fingerprint density at radius 3 is 2.60 bits per heavy atom. The van der Waals surface area contributed by atoms with Crippen LogP contribution in [0.1, 0.15) is 11.1 Å². The maximum atomic E-state index is 13.4. The molecule has 2 nitrogen and oxygen atoms in total. The molecular weight excluding hydrogens is 279 g/mol. The van der Waals surface area contributed by atoms with Gasteiger partial charge < -0.3 is 9.84 Å². The van der Waals surface area contributed by atoms with Gasteiger partial charge in [0.05, 0.1) is 0 Å². The summed E-state index contributed by atoms with van der Waals surface area (Å²) in [5, 5.41) is 9.28. The Morgan fingerprint density at radius 2 is 1.90 bits per heavy atom. The standard InChI is InChI=1S/C16H12ClFO2/c17-14-5-3-12(4-6-14)11-20-16-9-13(2-1-7-19)8-15(18)10-16/h3-6,8-10,19H,7,11H2. The summed E-state index contributed by atoms with van der Waals surface area (Å²) in [7, 11) is 0. The lowest BCUT2D eigenvalue weighted by molar-refractivity contribution is 0.304. The molecule has 2 aromatic carbocycles. The van der Waals surface area contributed by atoms with Crippen LogP contribution in [0, 0.1) is 17.7 Å². The van der Waals surface area contributed by atoms with Crippen molar-refractivity contribution in [2.75, 3.05) is 6.61 Å². The molecule has 0 spiro atoms. The minimum absolute atomic E-state index is 0.266. The molecule has 4 heteroatoms. The molecule has 2 aromatic rings. The third kappa shape index (κ3) is 4.27. The molecule has 0 amide bonds. The number of benzene rings is 2. The Hall–Kier alpha value is -2.02. The predicted molar refractivity (Wildman–Crippen MR) is 76.1 cm³/mol. The molecule has 0 aliphatic heterocycles. The highest BCUT2D eigenvalue weighted by Crippen LogP contribution is 2.18. The van der Waals surface area contributed by atoms with Crippen molar-refractivity contribution in [1.29, 1.82) is 0 Å². The lowest BCUT2D eigenvalue weighted by atomic mass is 10.2. The predicted octanol–water partition coefficient (Wildman–Crippen LogP) is 3.40. The Labute approximate surface area is 121 Å². The van der Waals surface area contributed by atoms with Crippen molar-refractivity contribution in [2.24, 2.45) is 0 Å². The summed E-state index contributed by atoms with van der Waals surface area (Å²) in [4.78, 5) is 0. The summed E-state index contributed by atoms with van der Waals surface area (Å²) >= 11 is 5.79. The molecule has 0 saturated carbocycles. The smallest absolute Gasteiger partial charge is 0.128 e. The monoisotopic (exact) mass is 290 g/mol. The van der Waals surface area contributed by atoms with Crippen LogP contribution in [0.4, 0.5) is 4.39 Å². The molecule has 0 bridgehead atoms. The van der Waals surface area contributed by atoms with Gasteiger partial charge in [-0.3, -0.25) is 0 Å². The summed E-state index contributed by atoms with van der Waals surface area (Å²) in [5.41, 5.74) is 1.40. The summed E-state index contributed by atoms with van der Waals surface area (Å²) in [5.74, 6) is 5.07. The van der Waals surface area contributed by atoms with E-state index in [0.29, 0.717) is 22.9 Å². The number of hydrogen-bond donors (Lipinski definition) is 1. The van der Waals surface area contributed by atoms with Crippen LogP contribution in [-0.4, -0.2) is 11.7 Å². The van der Waals surface area contributed by atoms with Crippen LogP contribution in [-0.2, 0) is 6.61 Å². The van der Waals surface area contributed by atoms with Gasteiger partial charge in [0.2, 0.25) is 0 Å². The SMILES string of the molecule is OCC#Cc1cc(F)cc(OCc2ccc(Cl)cc2)c1. The van der Waals surface area contributed by atoms with E-state index >= 15 is 0 Å². The molecule has 20 heavy (non-hydrogen) atoms. The first kappa shape index (κ1) is 14.4. The fourth-order valence-electron chi connectivity index (χ4n) is 1.61. The first-order chi connectivity index (χ1) is 9.67. The largest absolute Gasteiger partial charge is 0.489 e. The molecule has 0 fully saturated rings. The molecule has 0 aromatic heterocycles. The second-order valence-corrected chi connectivity index (χ2v) is 4.49. The lowest BCUT2D eigenvalue weighted by Gasteiger charge is -2.07. The van der Waals surface area contributed by atoms with E-state index in [1.54, 1.807) is 18.2 Å². The highest BCUT2D eigenvalue weighted by Gasteiger charge is 2.01. The molecule has 0 aliphatic carbocycles. The highest BCUT2D eigenvalue weighted by atomic mass is 35.5. The molecule has 1 N–H and O–H groups in total. The van der Waals surface area contributed by atoms with Crippen molar-refractivity contribution >= 4 is 11.6 Å². The Bertz CT molecular complexity index is 642. The van der Waals surface area contributed by atoms with Gasteiger partial charge in [0.25, 0.3) is 0 Å². The maximum Gasteiger partial charge on any atom is 0.128 e. The summed E-state index contributed by atoms with van der Waals surface area (Å²) in [6.07, 6.45) is 0. The van der Waals surface area contributed by atoms with E-state index < -0.39 is 5.82 Å². The van der Waals surface area contributed by atoms with Gasteiger partial charge in [0.1, 0.15) is 24.8 Å². The maximum absolute atomic E-state index is 13.4. The molecule has 0 unspecified atom stereocenters.